The molecule has 3 heteroatoms. The first-order chi connectivity index (χ1) is 4.24. The smallest absolute Gasteiger partial charge is 0.0602 e. The Morgan fingerprint density at radius 1 is 1.22 bits per heavy atom. The van der Waals surface area contributed by atoms with Crippen molar-refractivity contribution in [3.63, 3.8) is 0 Å². The van der Waals surface area contributed by atoms with Gasteiger partial charge < -0.3 is 16.2 Å². The zero-order valence-electron chi connectivity index (χ0n) is 5.71. The van der Waals surface area contributed by atoms with Crippen LogP contribution in [0.25, 0.3) is 0 Å². The first kappa shape index (κ1) is 6.99. The van der Waals surface area contributed by atoms with Crippen molar-refractivity contribution in [1.82, 2.24) is 0 Å². The van der Waals surface area contributed by atoms with Gasteiger partial charge in [-0.3, -0.25) is 0 Å². The standard InChI is InChI=1S/C6H14N2O/c1-9-4-2-5(7)6(8)3-4/h4-6H,2-3,7-8H2,1H3/t5-,6-/m1/s1. The van der Waals surface area contributed by atoms with Crippen molar-refractivity contribution < 1.29 is 4.74 Å². The van der Waals surface area contributed by atoms with E-state index in [9.17, 15) is 0 Å². The van der Waals surface area contributed by atoms with Gasteiger partial charge in [-0.05, 0) is 12.8 Å². The van der Waals surface area contributed by atoms with Gasteiger partial charge in [0.2, 0.25) is 0 Å². The van der Waals surface area contributed by atoms with Crippen LogP contribution in [-0.4, -0.2) is 25.3 Å². The van der Waals surface area contributed by atoms with E-state index >= 15 is 0 Å². The number of ether oxygens (including phenoxy) is 1. The van der Waals surface area contributed by atoms with Crippen LogP contribution in [0.5, 0.6) is 0 Å². The molecule has 0 aromatic carbocycles. The molecule has 0 unspecified atom stereocenters. The Balaban J connectivity index is 2.35. The van der Waals surface area contributed by atoms with E-state index in [-0.39, 0.29) is 12.1 Å². The predicted molar refractivity (Wildman–Crippen MR) is 36.0 cm³/mol. The third-order valence-corrected chi connectivity index (χ3v) is 1.95. The maximum Gasteiger partial charge on any atom is 0.0602 e. The minimum absolute atomic E-state index is 0.148. The third kappa shape index (κ3) is 1.41. The molecule has 1 aliphatic rings. The van der Waals surface area contributed by atoms with Gasteiger partial charge >= 0.3 is 0 Å². The van der Waals surface area contributed by atoms with Gasteiger partial charge in [-0.1, -0.05) is 0 Å². The lowest BCUT2D eigenvalue weighted by Gasteiger charge is -2.05. The van der Waals surface area contributed by atoms with Gasteiger partial charge in [0.05, 0.1) is 6.10 Å². The lowest BCUT2D eigenvalue weighted by Crippen LogP contribution is -2.35. The van der Waals surface area contributed by atoms with Crippen molar-refractivity contribution in [3.8, 4) is 0 Å². The number of hydrogen-bond acceptors (Lipinski definition) is 3. The molecule has 0 heterocycles. The minimum Gasteiger partial charge on any atom is -0.381 e. The molecule has 0 radical (unpaired) electrons. The predicted octanol–water partition coefficient (Wildman–Crippen LogP) is -0.550. The molecule has 4 N–H and O–H groups in total. The number of nitrogens with two attached hydrogens (primary N) is 2. The van der Waals surface area contributed by atoms with Crippen molar-refractivity contribution in [1.29, 1.82) is 0 Å². The van der Waals surface area contributed by atoms with Crippen LogP contribution in [0.3, 0.4) is 0 Å². The molecule has 0 spiro atoms. The first-order valence-corrected chi connectivity index (χ1v) is 3.28. The van der Waals surface area contributed by atoms with Crippen LogP contribution in [0.15, 0.2) is 0 Å². The van der Waals surface area contributed by atoms with Crippen LogP contribution in [0.4, 0.5) is 0 Å². The van der Waals surface area contributed by atoms with Crippen LogP contribution in [0, 0.1) is 0 Å². The summed E-state index contributed by atoms with van der Waals surface area (Å²) in [6.07, 6.45) is 2.13. The Labute approximate surface area is 55.4 Å². The normalized spacial score (nSPS) is 37.7. The summed E-state index contributed by atoms with van der Waals surface area (Å²) in [5.41, 5.74) is 11.3. The summed E-state index contributed by atoms with van der Waals surface area (Å²) in [7, 11) is 1.70. The maximum absolute atomic E-state index is 5.64. The Kier molecular flexibility index (Phi) is 2.05. The molecule has 1 aliphatic carbocycles. The molecule has 0 amide bonds. The SMILES string of the molecule is COC1C[C@@H](N)[C@H](N)C1. The molecule has 0 aromatic rings. The van der Waals surface area contributed by atoms with E-state index in [1.54, 1.807) is 7.11 Å². The van der Waals surface area contributed by atoms with Crippen LogP contribution in [0.2, 0.25) is 0 Å². The van der Waals surface area contributed by atoms with Crippen molar-refractivity contribution >= 4 is 0 Å². The van der Waals surface area contributed by atoms with Crippen molar-refractivity contribution in [2.45, 2.75) is 31.0 Å². The second-order valence-corrected chi connectivity index (χ2v) is 2.66. The monoisotopic (exact) mass is 130 g/mol. The molecular weight excluding hydrogens is 116 g/mol. The van der Waals surface area contributed by atoms with Gasteiger partial charge in [-0.15, -0.1) is 0 Å². The van der Waals surface area contributed by atoms with E-state index in [1.807, 2.05) is 0 Å². The van der Waals surface area contributed by atoms with Gasteiger partial charge in [0.15, 0.2) is 0 Å². The first-order valence-electron chi connectivity index (χ1n) is 3.28. The summed E-state index contributed by atoms with van der Waals surface area (Å²) in [6, 6.07) is 0.296. The van der Waals surface area contributed by atoms with Crippen LogP contribution in [0.1, 0.15) is 12.8 Å². The molecule has 1 saturated carbocycles. The summed E-state index contributed by atoms with van der Waals surface area (Å²) >= 11 is 0. The van der Waals surface area contributed by atoms with Crippen LogP contribution in [-0.2, 0) is 4.74 Å². The molecular formula is C6H14N2O. The zero-order valence-corrected chi connectivity index (χ0v) is 5.71. The highest BCUT2D eigenvalue weighted by Crippen LogP contribution is 2.18. The van der Waals surface area contributed by atoms with E-state index in [1.165, 1.54) is 0 Å². The van der Waals surface area contributed by atoms with E-state index < -0.39 is 0 Å². The zero-order chi connectivity index (χ0) is 6.85. The summed E-state index contributed by atoms with van der Waals surface area (Å²) in [5.74, 6) is 0. The van der Waals surface area contributed by atoms with Gasteiger partial charge in [0.1, 0.15) is 0 Å². The average molecular weight is 130 g/mol. The van der Waals surface area contributed by atoms with Crippen molar-refractivity contribution in [2.24, 2.45) is 11.5 Å². The average Bonchev–Trinajstić information content (AvgIpc) is 2.13. The lowest BCUT2D eigenvalue weighted by molar-refractivity contribution is 0.107. The Hall–Kier alpha value is -0.120. The summed E-state index contributed by atoms with van der Waals surface area (Å²) in [6.45, 7) is 0. The molecule has 1 rings (SSSR count). The molecule has 1 fully saturated rings. The molecule has 2 atom stereocenters. The van der Waals surface area contributed by atoms with Gasteiger partial charge in [0.25, 0.3) is 0 Å². The van der Waals surface area contributed by atoms with E-state index in [2.05, 4.69) is 0 Å². The third-order valence-electron chi connectivity index (χ3n) is 1.95. The van der Waals surface area contributed by atoms with E-state index in [4.69, 9.17) is 16.2 Å². The molecule has 0 saturated heterocycles. The fourth-order valence-corrected chi connectivity index (χ4v) is 1.25. The highest BCUT2D eigenvalue weighted by molar-refractivity contribution is 4.89. The van der Waals surface area contributed by atoms with Gasteiger partial charge in [-0.2, -0.15) is 0 Å². The van der Waals surface area contributed by atoms with Crippen LogP contribution >= 0.6 is 0 Å². The molecule has 3 nitrogen and oxygen atoms in total. The topological polar surface area (TPSA) is 61.3 Å². The van der Waals surface area contributed by atoms with Gasteiger partial charge in [-0.25, -0.2) is 0 Å². The fourth-order valence-electron chi connectivity index (χ4n) is 1.25. The molecule has 0 bridgehead atoms. The van der Waals surface area contributed by atoms with Crippen molar-refractivity contribution in [3.05, 3.63) is 0 Å². The van der Waals surface area contributed by atoms with Crippen LogP contribution < -0.4 is 11.5 Å². The second kappa shape index (κ2) is 2.64. The molecule has 9 heavy (non-hydrogen) atoms. The van der Waals surface area contributed by atoms with Crippen molar-refractivity contribution in [2.75, 3.05) is 7.11 Å². The summed E-state index contributed by atoms with van der Waals surface area (Å²) in [5, 5.41) is 0. The summed E-state index contributed by atoms with van der Waals surface area (Å²) in [4.78, 5) is 0. The Morgan fingerprint density at radius 2 is 1.67 bits per heavy atom. The van der Waals surface area contributed by atoms with E-state index in [0.29, 0.717) is 6.10 Å². The minimum atomic E-state index is 0.148. The quantitative estimate of drug-likeness (QED) is 0.500. The number of hydrogen-bond donors (Lipinski definition) is 2. The Bertz CT molecular complexity index is 87.1. The largest absolute Gasteiger partial charge is 0.381 e. The van der Waals surface area contributed by atoms with E-state index in [0.717, 1.165) is 12.8 Å². The highest BCUT2D eigenvalue weighted by Gasteiger charge is 2.28. The second-order valence-electron chi connectivity index (χ2n) is 2.66. The molecule has 0 aliphatic heterocycles. The highest BCUT2D eigenvalue weighted by atomic mass is 16.5. The Morgan fingerprint density at radius 3 is 1.89 bits per heavy atom. The molecule has 0 aromatic heterocycles. The summed E-state index contributed by atoms with van der Waals surface area (Å²) < 4.78 is 5.09. The number of methoxy groups -OCH3 is 1. The lowest BCUT2D eigenvalue weighted by atomic mass is 10.2. The number of rotatable bonds is 1. The van der Waals surface area contributed by atoms with Gasteiger partial charge in [0, 0.05) is 19.2 Å². The fraction of sp³-hybridized carbons (Fsp3) is 1.00. The molecule has 54 valence electrons. The maximum atomic E-state index is 5.64.